The van der Waals surface area contributed by atoms with Gasteiger partial charge in [0.2, 0.25) is 0 Å². The van der Waals surface area contributed by atoms with Gasteiger partial charge in [0.05, 0.1) is 0 Å². The van der Waals surface area contributed by atoms with E-state index in [-0.39, 0.29) is 6.42 Å². The molecule has 2 N–H and O–H groups in total. The first-order valence-corrected chi connectivity index (χ1v) is 8.16. The Balaban J connectivity index is 1.96. The molecule has 128 valence electrons. The maximum atomic E-state index is 11.3. The van der Waals surface area contributed by atoms with Crippen molar-refractivity contribution in [3.8, 4) is 0 Å². The Kier molecular flexibility index (Phi) is 4.74. The van der Waals surface area contributed by atoms with Crippen molar-refractivity contribution in [2.75, 3.05) is 7.11 Å². The first-order chi connectivity index (χ1) is 11.4. The third-order valence-electron chi connectivity index (χ3n) is 4.77. The number of methoxy groups -OCH3 is 1. The van der Waals surface area contributed by atoms with Gasteiger partial charge in [0.15, 0.2) is 6.29 Å². The average Bonchev–Trinajstić information content (AvgIpc) is 2.93. The second-order valence-corrected chi connectivity index (χ2v) is 6.57. The molecule has 3 rings (SSSR count). The van der Waals surface area contributed by atoms with Gasteiger partial charge in [-0.3, -0.25) is 0 Å². The average molecular weight is 328 g/mol. The van der Waals surface area contributed by atoms with E-state index in [1.54, 1.807) is 7.11 Å². The summed E-state index contributed by atoms with van der Waals surface area (Å²) in [6, 6.07) is 15.2. The van der Waals surface area contributed by atoms with Crippen molar-refractivity contribution in [3.63, 3.8) is 0 Å². The molecule has 1 aliphatic heterocycles. The Morgan fingerprint density at radius 2 is 1.58 bits per heavy atom. The molecule has 0 aromatic heterocycles. The third kappa shape index (κ3) is 3.10. The van der Waals surface area contributed by atoms with E-state index in [1.807, 2.05) is 62.4 Å². The van der Waals surface area contributed by atoms with E-state index in [9.17, 15) is 10.2 Å². The molecule has 2 unspecified atom stereocenters. The normalized spacial score (nSPS) is 28.0. The van der Waals surface area contributed by atoms with Crippen molar-refractivity contribution in [1.82, 2.24) is 0 Å². The third-order valence-corrected chi connectivity index (χ3v) is 4.77. The highest BCUT2D eigenvalue weighted by atomic mass is 16.7. The maximum absolute atomic E-state index is 11.3. The molecule has 1 aliphatic rings. The van der Waals surface area contributed by atoms with Crippen molar-refractivity contribution < 1.29 is 19.7 Å². The van der Waals surface area contributed by atoms with Crippen molar-refractivity contribution in [3.05, 3.63) is 70.8 Å². The Labute approximate surface area is 142 Å². The van der Waals surface area contributed by atoms with Gasteiger partial charge < -0.3 is 19.7 Å². The second kappa shape index (κ2) is 6.65. The van der Waals surface area contributed by atoms with Crippen LogP contribution < -0.4 is 0 Å². The minimum atomic E-state index is -1.31. The van der Waals surface area contributed by atoms with Crippen LogP contribution in [0, 0.1) is 13.8 Å². The summed E-state index contributed by atoms with van der Waals surface area (Å²) >= 11 is 0. The SMILES string of the molecule is COC1C[C@@](O)(c2ccc(C)cc2)[C@@H](C(O)c2ccc(C)cc2)O1. The van der Waals surface area contributed by atoms with Gasteiger partial charge in [-0.15, -0.1) is 0 Å². The minimum absolute atomic E-state index is 0.278. The molecule has 0 radical (unpaired) electrons. The molecule has 1 fully saturated rings. The molecule has 0 bridgehead atoms. The van der Waals surface area contributed by atoms with Crippen molar-refractivity contribution in [2.24, 2.45) is 0 Å². The van der Waals surface area contributed by atoms with Gasteiger partial charge in [-0.1, -0.05) is 59.7 Å². The zero-order chi connectivity index (χ0) is 17.3. The van der Waals surface area contributed by atoms with Crippen LogP contribution in [-0.4, -0.2) is 29.7 Å². The zero-order valence-corrected chi connectivity index (χ0v) is 14.3. The fourth-order valence-corrected chi connectivity index (χ4v) is 3.23. The summed E-state index contributed by atoms with van der Waals surface area (Å²) < 4.78 is 11.1. The number of hydrogen-bond donors (Lipinski definition) is 2. The zero-order valence-electron chi connectivity index (χ0n) is 14.3. The van der Waals surface area contributed by atoms with Crippen LogP contribution in [-0.2, 0) is 15.1 Å². The highest BCUT2D eigenvalue weighted by Gasteiger charge is 2.52. The van der Waals surface area contributed by atoms with E-state index < -0.39 is 24.1 Å². The van der Waals surface area contributed by atoms with E-state index >= 15 is 0 Å². The van der Waals surface area contributed by atoms with Gasteiger partial charge in [-0.05, 0) is 25.0 Å². The summed E-state index contributed by atoms with van der Waals surface area (Å²) in [7, 11) is 1.54. The van der Waals surface area contributed by atoms with Crippen LogP contribution in [0.25, 0.3) is 0 Å². The van der Waals surface area contributed by atoms with Gasteiger partial charge in [-0.25, -0.2) is 0 Å². The van der Waals surface area contributed by atoms with Gasteiger partial charge >= 0.3 is 0 Å². The molecule has 0 aliphatic carbocycles. The molecule has 0 spiro atoms. The quantitative estimate of drug-likeness (QED) is 0.906. The summed E-state index contributed by atoms with van der Waals surface area (Å²) in [4.78, 5) is 0. The smallest absolute Gasteiger partial charge is 0.161 e. The topological polar surface area (TPSA) is 58.9 Å². The van der Waals surface area contributed by atoms with Crippen LogP contribution in [0.2, 0.25) is 0 Å². The van der Waals surface area contributed by atoms with Crippen molar-refractivity contribution >= 4 is 0 Å². The first kappa shape index (κ1) is 17.1. The molecule has 0 amide bonds. The first-order valence-electron chi connectivity index (χ1n) is 8.16. The molecule has 4 heteroatoms. The molecule has 1 saturated heterocycles. The van der Waals surface area contributed by atoms with Crippen LogP contribution >= 0.6 is 0 Å². The molecule has 24 heavy (non-hydrogen) atoms. The Morgan fingerprint density at radius 3 is 2.12 bits per heavy atom. The lowest BCUT2D eigenvalue weighted by Gasteiger charge is -2.32. The summed E-state index contributed by atoms with van der Waals surface area (Å²) in [5.74, 6) is 0. The molecule has 2 aromatic carbocycles. The number of rotatable bonds is 4. The highest BCUT2D eigenvalue weighted by molar-refractivity contribution is 5.31. The van der Waals surface area contributed by atoms with E-state index in [2.05, 4.69) is 0 Å². The number of hydrogen-bond acceptors (Lipinski definition) is 4. The summed E-state index contributed by atoms with van der Waals surface area (Å²) in [5.41, 5.74) is 2.36. The van der Waals surface area contributed by atoms with Gasteiger partial charge in [0, 0.05) is 13.5 Å². The second-order valence-electron chi connectivity index (χ2n) is 6.57. The molecule has 4 nitrogen and oxygen atoms in total. The molecule has 0 saturated carbocycles. The lowest BCUT2D eigenvalue weighted by molar-refractivity contribution is -0.159. The van der Waals surface area contributed by atoms with Gasteiger partial charge in [-0.2, -0.15) is 0 Å². The fourth-order valence-electron chi connectivity index (χ4n) is 3.23. The summed E-state index contributed by atoms with van der Waals surface area (Å²) in [6.45, 7) is 3.99. The van der Waals surface area contributed by atoms with E-state index in [4.69, 9.17) is 9.47 Å². The minimum Gasteiger partial charge on any atom is -0.386 e. The van der Waals surface area contributed by atoms with Crippen LogP contribution in [0.3, 0.4) is 0 Å². The molecular weight excluding hydrogens is 304 g/mol. The number of aryl methyl sites for hydroxylation is 2. The van der Waals surface area contributed by atoms with Crippen LogP contribution in [0.4, 0.5) is 0 Å². The van der Waals surface area contributed by atoms with E-state index in [0.717, 1.165) is 16.7 Å². The predicted octanol–water partition coefficient (Wildman–Crippen LogP) is 2.99. The Hall–Kier alpha value is -1.72. The summed E-state index contributed by atoms with van der Waals surface area (Å²) in [5, 5.41) is 22.2. The number of ether oxygens (including phenoxy) is 2. The molecule has 4 atom stereocenters. The van der Waals surface area contributed by atoms with Gasteiger partial charge in [0.1, 0.15) is 17.8 Å². The largest absolute Gasteiger partial charge is 0.386 e. The summed E-state index contributed by atoms with van der Waals surface area (Å²) in [6.07, 6.45) is -2.02. The van der Waals surface area contributed by atoms with Crippen LogP contribution in [0.1, 0.15) is 34.8 Å². The molecule has 2 aromatic rings. The van der Waals surface area contributed by atoms with Crippen molar-refractivity contribution in [1.29, 1.82) is 0 Å². The van der Waals surface area contributed by atoms with E-state index in [0.29, 0.717) is 5.56 Å². The Morgan fingerprint density at radius 1 is 1.04 bits per heavy atom. The van der Waals surface area contributed by atoms with Gasteiger partial charge in [0.25, 0.3) is 0 Å². The monoisotopic (exact) mass is 328 g/mol. The number of benzene rings is 2. The Bertz CT molecular complexity index is 680. The fraction of sp³-hybridized carbons (Fsp3) is 0.400. The number of aliphatic hydroxyl groups excluding tert-OH is 1. The predicted molar refractivity (Wildman–Crippen MR) is 91.5 cm³/mol. The van der Waals surface area contributed by atoms with E-state index in [1.165, 1.54) is 0 Å². The maximum Gasteiger partial charge on any atom is 0.161 e. The lowest BCUT2D eigenvalue weighted by atomic mass is 9.82. The lowest BCUT2D eigenvalue weighted by Crippen LogP contribution is -2.39. The molecule has 1 heterocycles. The van der Waals surface area contributed by atoms with Crippen LogP contribution in [0.15, 0.2) is 48.5 Å². The number of aliphatic hydroxyl groups is 2. The highest BCUT2D eigenvalue weighted by Crippen LogP contribution is 2.44. The van der Waals surface area contributed by atoms with Crippen molar-refractivity contribution in [2.45, 2.75) is 44.4 Å². The molecular formula is C20H24O4. The van der Waals surface area contributed by atoms with Crippen LogP contribution in [0.5, 0.6) is 0 Å². The standard InChI is InChI=1S/C20H24O4/c1-13-4-8-15(9-5-13)18(21)19-20(22,12-17(23-3)24-19)16-10-6-14(2)7-11-16/h4-11,17-19,21-22H,12H2,1-3H3/t17?,18?,19-,20-/m1/s1.